The molecule has 3 rings (SSSR count). The molecule has 0 bridgehead atoms. The first-order chi connectivity index (χ1) is 15.5. The Morgan fingerprint density at radius 1 is 1.09 bits per heavy atom. The molecule has 12 heteroatoms. The summed E-state index contributed by atoms with van der Waals surface area (Å²) < 4.78 is 70.5. The fourth-order valence-corrected chi connectivity index (χ4v) is 4.65. The fourth-order valence-electron chi connectivity index (χ4n) is 3.21. The lowest BCUT2D eigenvalue weighted by Gasteiger charge is -2.23. The van der Waals surface area contributed by atoms with Crippen LogP contribution in [0.15, 0.2) is 59.5 Å². The summed E-state index contributed by atoms with van der Waals surface area (Å²) in [6.45, 7) is -0.497. The van der Waals surface area contributed by atoms with E-state index in [1.165, 1.54) is 11.9 Å². The number of ether oxygens (including phenoxy) is 1. The Morgan fingerprint density at radius 2 is 1.73 bits per heavy atom. The average molecular weight is 485 g/mol. The van der Waals surface area contributed by atoms with Gasteiger partial charge in [-0.1, -0.05) is 30.3 Å². The number of hydrogen-bond acceptors (Lipinski definition) is 5. The summed E-state index contributed by atoms with van der Waals surface area (Å²) in [6, 6.07) is 10.7. The van der Waals surface area contributed by atoms with Gasteiger partial charge in [0.05, 0.1) is 10.5 Å². The Morgan fingerprint density at radius 3 is 2.33 bits per heavy atom. The molecule has 178 valence electrons. The first kappa shape index (κ1) is 24.5. The minimum absolute atomic E-state index is 0.0376. The number of benzene rings is 2. The third-order valence-corrected chi connectivity index (χ3v) is 6.95. The van der Waals surface area contributed by atoms with Crippen molar-refractivity contribution in [3.05, 3.63) is 65.7 Å². The SMILES string of the molecule is CN1CCN(S(=O)(=O)c2ccc(C(F)(F)F)cc2)C[C@H](NC(=O)OCc2ccccc2)C1=O. The third kappa shape index (κ3) is 6.02. The number of likely N-dealkylation sites (N-methyl/N-ethyl adjacent to an activating group) is 1. The number of halogens is 3. The normalized spacial score (nSPS) is 18.0. The molecule has 1 fully saturated rings. The second-order valence-electron chi connectivity index (χ2n) is 7.40. The van der Waals surface area contributed by atoms with Crippen LogP contribution in [0.1, 0.15) is 11.1 Å². The standard InChI is InChI=1S/C21H22F3N3O5S/c1-26-11-12-27(33(30,31)17-9-7-16(8-10-17)21(22,23)24)13-18(19(26)28)25-20(29)32-14-15-5-3-2-4-6-15/h2-10,18H,11-14H2,1H3,(H,25,29)/t18-/m0/s1. The molecule has 1 saturated heterocycles. The average Bonchev–Trinajstić information content (AvgIpc) is 2.92. The molecular formula is C21H22F3N3O5S. The van der Waals surface area contributed by atoms with E-state index < -0.39 is 46.4 Å². The first-order valence-electron chi connectivity index (χ1n) is 9.88. The van der Waals surface area contributed by atoms with Gasteiger partial charge >= 0.3 is 12.3 Å². The maximum absolute atomic E-state index is 13.0. The number of nitrogens with one attached hydrogen (secondary N) is 1. The molecule has 0 saturated carbocycles. The van der Waals surface area contributed by atoms with Crippen molar-refractivity contribution < 1.29 is 35.9 Å². The van der Waals surface area contributed by atoms with Crippen LogP contribution in [-0.2, 0) is 32.3 Å². The van der Waals surface area contributed by atoms with Gasteiger partial charge in [0.2, 0.25) is 15.9 Å². The largest absolute Gasteiger partial charge is 0.445 e. The lowest BCUT2D eigenvalue weighted by atomic mass is 10.2. The Hall–Kier alpha value is -3.12. The number of sulfonamides is 1. The third-order valence-electron chi connectivity index (χ3n) is 5.07. The fraction of sp³-hybridized carbons (Fsp3) is 0.333. The molecule has 0 spiro atoms. The van der Waals surface area contributed by atoms with Gasteiger partial charge in [0.25, 0.3) is 0 Å². The number of carbonyl (C=O) groups is 2. The zero-order valence-electron chi connectivity index (χ0n) is 17.6. The molecule has 0 radical (unpaired) electrons. The lowest BCUT2D eigenvalue weighted by molar-refractivity contribution is -0.137. The van der Waals surface area contributed by atoms with E-state index in [9.17, 15) is 31.2 Å². The summed E-state index contributed by atoms with van der Waals surface area (Å²) in [5, 5.41) is 2.38. The van der Waals surface area contributed by atoms with Crippen LogP contribution in [0.2, 0.25) is 0 Å². The number of alkyl halides is 3. The molecule has 2 aromatic carbocycles. The highest BCUT2D eigenvalue weighted by molar-refractivity contribution is 7.89. The highest BCUT2D eigenvalue weighted by Crippen LogP contribution is 2.30. The van der Waals surface area contributed by atoms with E-state index in [-0.39, 0.29) is 24.6 Å². The molecule has 1 atom stereocenters. The highest BCUT2D eigenvalue weighted by atomic mass is 32.2. The summed E-state index contributed by atoms with van der Waals surface area (Å²) >= 11 is 0. The maximum Gasteiger partial charge on any atom is 0.416 e. The van der Waals surface area contributed by atoms with Gasteiger partial charge < -0.3 is 15.0 Å². The van der Waals surface area contributed by atoms with E-state index in [0.29, 0.717) is 12.1 Å². The summed E-state index contributed by atoms with van der Waals surface area (Å²) in [5.74, 6) is -0.517. The molecule has 0 aliphatic carbocycles. The van der Waals surface area contributed by atoms with Gasteiger partial charge in [0.15, 0.2) is 0 Å². The van der Waals surface area contributed by atoms with E-state index in [1.807, 2.05) is 0 Å². The summed E-state index contributed by atoms with van der Waals surface area (Å²) in [4.78, 5) is 25.8. The molecule has 1 aliphatic heterocycles. The molecule has 2 aromatic rings. The smallest absolute Gasteiger partial charge is 0.416 e. The van der Waals surface area contributed by atoms with Gasteiger partial charge in [0.1, 0.15) is 12.6 Å². The second-order valence-corrected chi connectivity index (χ2v) is 9.34. The van der Waals surface area contributed by atoms with Crippen LogP contribution in [0, 0.1) is 0 Å². The number of nitrogens with zero attached hydrogens (tertiary/aromatic N) is 2. The zero-order valence-corrected chi connectivity index (χ0v) is 18.4. The van der Waals surface area contributed by atoms with E-state index in [2.05, 4.69) is 5.32 Å². The van der Waals surface area contributed by atoms with Gasteiger partial charge in [-0.3, -0.25) is 4.79 Å². The minimum Gasteiger partial charge on any atom is -0.445 e. The van der Waals surface area contributed by atoms with Crippen molar-refractivity contribution in [2.45, 2.75) is 23.7 Å². The van der Waals surface area contributed by atoms with Gasteiger partial charge in [-0.25, -0.2) is 13.2 Å². The zero-order chi connectivity index (χ0) is 24.2. The number of amides is 2. The number of rotatable bonds is 5. The van der Waals surface area contributed by atoms with Crippen LogP contribution in [0.3, 0.4) is 0 Å². The summed E-state index contributed by atoms with van der Waals surface area (Å²) in [5.41, 5.74) is -0.253. The lowest BCUT2D eigenvalue weighted by Crippen LogP contribution is -2.50. The molecule has 0 aromatic heterocycles. The van der Waals surface area contributed by atoms with Crippen LogP contribution in [0.4, 0.5) is 18.0 Å². The van der Waals surface area contributed by atoms with Crippen LogP contribution in [0.25, 0.3) is 0 Å². The molecule has 1 N–H and O–H groups in total. The number of hydrogen-bond donors (Lipinski definition) is 1. The van der Waals surface area contributed by atoms with Crippen LogP contribution < -0.4 is 5.32 Å². The second kappa shape index (κ2) is 9.79. The number of alkyl carbamates (subject to hydrolysis) is 1. The van der Waals surface area contributed by atoms with Crippen molar-refractivity contribution in [3.8, 4) is 0 Å². The summed E-state index contributed by atoms with van der Waals surface area (Å²) in [7, 11) is -2.76. The predicted octanol–water partition coefficient (Wildman–Crippen LogP) is 2.46. The number of carbonyl (C=O) groups excluding carboxylic acids is 2. The van der Waals surface area contributed by atoms with Crippen molar-refractivity contribution in [1.29, 1.82) is 0 Å². The topological polar surface area (TPSA) is 96.0 Å². The van der Waals surface area contributed by atoms with Crippen molar-refractivity contribution in [2.75, 3.05) is 26.7 Å². The van der Waals surface area contributed by atoms with Crippen LogP contribution in [0.5, 0.6) is 0 Å². The Labute approximate surface area is 189 Å². The van der Waals surface area contributed by atoms with Crippen LogP contribution in [-0.4, -0.2) is 62.3 Å². The maximum atomic E-state index is 13.0. The Balaban J connectivity index is 1.73. The first-order valence-corrected chi connectivity index (χ1v) is 11.3. The van der Waals surface area contributed by atoms with E-state index in [0.717, 1.165) is 22.0 Å². The molecular weight excluding hydrogens is 463 g/mol. The highest BCUT2D eigenvalue weighted by Gasteiger charge is 2.36. The van der Waals surface area contributed by atoms with E-state index >= 15 is 0 Å². The van der Waals surface area contributed by atoms with Crippen molar-refractivity contribution in [2.24, 2.45) is 0 Å². The molecule has 8 nitrogen and oxygen atoms in total. The Kier molecular flexibility index (Phi) is 7.28. The quantitative estimate of drug-likeness (QED) is 0.702. The van der Waals surface area contributed by atoms with Crippen LogP contribution >= 0.6 is 0 Å². The summed E-state index contributed by atoms with van der Waals surface area (Å²) in [6.07, 6.45) is -5.51. The van der Waals surface area contributed by atoms with Gasteiger partial charge in [-0.05, 0) is 29.8 Å². The molecule has 1 heterocycles. The van der Waals surface area contributed by atoms with Gasteiger partial charge in [0, 0.05) is 26.7 Å². The monoisotopic (exact) mass is 485 g/mol. The van der Waals surface area contributed by atoms with Crippen molar-refractivity contribution in [1.82, 2.24) is 14.5 Å². The predicted molar refractivity (Wildman–Crippen MR) is 111 cm³/mol. The van der Waals surface area contributed by atoms with Crippen molar-refractivity contribution >= 4 is 22.0 Å². The molecule has 1 aliphatic rings. The Bertz CT molecular complexity index is 1090. The molecule has 0 unspecified atom stereocenters. The molecule has 2 amide bonds. The molecule has 33 heavy (non-hydrogen) atoms. The minimum atomic E-state index is -4.60. The van der Waals surface area contributed by atoms with E-state index in [4.69, 9.17) is 4.74 Å². The van der Waals surface area contributed by atoms with Crippen molar-refractivity contribution in [3.63, 3.8) is 0 Å². The van der Waals surface area contributed by atoms with E-state index in [1.54, 1.807) is 30.3 Å². The van der Waals surface area contributed by atoms with Gasteiger partial charge in [-0.2, -0.15) is 17.5 Å². The van der Waals surface area contributed by atoms with Gasteiger partial charge in [-0.15, -0.1) is 0 Å².